The molecule has 0 aliphatic heterocycles. The van der Waals surface area contributed by atoms with Gasteiger partial charge in [-0.3, -0.25) is 0 Å². The van der Waals surface area contributed by atoms with Gasteiger partial charge in [0, 0.05) is 12.1 Å². The number of nitrogens with one attached hydrogen (secondary N) is 1. The van der Waals surface area contributed by atoms with Crippen LogP contribution in [0.1, 0.15) is 44.9 Å². The van der Waals surface area contributed by atoms with E-state index in [1.165, 1.54) is 51.0 Å². The molecule has 2 rings (SSSR count). The molecule has 1 aliphatic carbocycles. The second kappa shape index (κ2) is 6.41. The second-order valence-corrected chi connectivity index (χ2v) is 5.89. The Hall–Kier alpha value is -0.770. The highest BCUT2D eigenvalue weighted by molar-refractivity contribution is 9.10. The number of anilines is 2. The summed E-state index contributed by atoms with van der Waals surface area (Å²) in [5.74, 6) is -0.310. The smallest absolute Gasteiger partial charge is 0.139 e. The topological polar surface area (TPSA) is 38.0 Å². The van der Waals surface area contributed by atoms with Crippen LogP contribution in [-0.4, -0.2) is 6.04 Å². The Balaban J connectivity index is 2.05. The van der Waals surface area contributed by atoms with Crippen molar-refractivity contribution < 1.29 is 4.39 Å². The lowest BCUT2D eigenvalue weighted by Gasteiger charge is -2.23. The molecule has 0 aromatic heterocycles. The van der Waals surface area contributed by atoms with Gasteiger partial charge in [-0.25, -0.2) is 4.39 Å². The van der Waals surface area contributed by atoms with Crippen molar-refractivity contribution >= 4 is 27.3 Å². The lowest BCUT2D eigenvalue weighted by molar-refractivity contribution is 0.471. The van der Waals surface area contributed by atoms with Crippen molar-refractivity contribution in [1.29, 1.82) is 0 Å². The highest BCUT2D eigenvalue weighted by atomic mass is 79.9. The summed E-state index contributed by atoms with van der Waals surface area (Å²) >= 11 is 3.20. The van der Waals surface area contributed by atoms with E-state index in [1.54, 1.807) is 6.07 Å². The monoisotopic (exact) mass is 314 g/mol. The Morgan fingerprint density at radius 3 is 2.39 bits per heavy atom. The zero-order valence-electron chi connectivity index (χ0n) is 10.5. The number of hydrogen-bond donors (Lipinski definition) is 2. The van der Waals surface area contributed by atoms with E-state index in [0.29, 0.717) is 16.2 Å². The first-order valence-corrected chi connectivity index (χ1v) is 7.47. The quantitative estimate of drug-likeness (QED) is 0.777. The fraction of sp³-hybridized carbons (Fsp3) is 0.571. The normalized spacial score (nSPS) is 18.1. The lowest BCUT2D eigenvalue weighted by Crippen LogP contribution is -2.21. The average Bonchev–Trinajstić information content (AvgIpc) is 2.29. The molecule has 0 saturated heterocycles. The number of hydrogen-bond acceptors (Lipinski definition) is 2. The summed E-state index contributed by atoms with van der Waals surface area (Å²) in [6.07, 6.45) is 8.88. The second-order valence-electron chi connectivity index (χ2n) is 5.04. The standard InChI is InChI=1S/C14H20BrFN2/c15-11-8-14(13(17)9-12(11)16)18-10-6-4-2-1-3-5-7-10/h8-10,18H,1-7,17H2. The van der Waals surface area contributed by atoms with Crippen molar-refractivity contribution in [3.8, 4) is 0 Å². The first-order valence-electron chi connectivity index (χ1n) is 6.68. The zero-order valence-corrected chi connectivity index (χ0v) is 12.1. The Morgan fingerprint density at radius 1 is 1.11 bits per heavy atom. The van der Waals surface area contributed by atoms with Gasteiger partial charge in [0.15, 0.2) is 0 Å². The first-order chi connectivity index (χ1) is 8.66. The molecule has 1 fully saturated rings. The Morgan fingerprint density at radius 2 is 1.72 bits per heavy atom. The van der Waals surface area contributed by atoms with E-state index in [0.717, 1.165) is 5.69 Å². The molecule has 0 unspecified atom stereocenters. The number of nitrogen functional groups attached to an aromatic ring is 1. The maximum Gasteiger partial charge on any atom is 0.139 e. The van der Waals surface area contributed by atoms with Gasteiger partial charge in [0.2, 0.25) is 0 Å². The molecule has 0 heterocycles. The van der Waals surface area contributed by atoms with Gasteiger partial charge in [0.1, 0.15) is 5.82 Å². The zero-order chi connectivity index (χ0) is 13.0. The summed E-state index contributed by atoms with van der Waals surface area (Å²) in [6, 6.07) is 3.57. The molecule has 100 valence electrons. The molecule has 0 spiro atoms. The van der Waals surface area contributed by atoms with Crippen LogP contribution in [-0.2, 0) is 0 Å². The van der Waals surface area contributed by atoms with Crippen LogP contribution in [0.5, 0.6) is 0 Å². The molecule has 1 aromatic rings. The highest BCUT2D eigenvalue weighted by Crippen LogP contribution is 2.29. The predicted molar refractivity (Wildman–Crippen MR) is 78.2 cm³/mol. The van der Waals surface area contributed by atoms with Crippen LogP contribution in [0.25, 0.3) is 0 Å². The van der Waals surface area contributed by atoms with Gasteiger partial charge in [0.25, 0.3) is 0 Å². The van der Waals surface area contributed by atoms with E-state index in [9.17, 15) is 4.39 Å². The fourth-order valence-corrected chi connectivity index (χ4v) is 2.85. The van der Waals surface area contributed by atoms with E-state index >= 15 is 0 Å². The molecular weight excluding hydrogens is 295 g/mol. The predicted octanol–water partition coefficient (Wildman–Crippen LogP) is 4.70. The third-order valence-electron chi connectivity index (χ3n) is 3.56. The van der Waals surface area contributed by atoms with Crippen molar-refractivity contribution in [3.05, 3.63) is 22.4 Å². The van der Waals surface area contributed by atoms with Gasteiger partial charge in [-0.1, -0.05) is 32.1 Å². The van der Waals surface area contributed by atoms with Crippen molar-refractivity contribution in [2.24, 2.45) is 0 Å². The molecule has 18 heavy (non-hydrogen) atoms. The molecule has 3 N–H and O–H groups in total. The van der Waals surface area contributed by atoms with Crippen LogP contribution in [0.4, 0.5) is 15.8 Å². The molecule has 0 radical (unpaired) electrons. The molecule has 1 aromatic carbocycles. The first kappa shape index (κ1) is 13.7. The summed E-state index contributed by atoms with van der Waals surface area (Å²) in [5.41, 5.74) is 7.18. The van der Waals surface area contributed by atoms with Crippen LogP contribution in [0.3, 0.4) is 0 Å². The molecule has 2 nitrogen and oxygen atoms in total. The van der Waals surface area contributed by atoms with Gasteiger partial charge in [-0.05, 0) is 34.8 Å². The van der Waals surface area contributed by atoms with E-state index in [2.05, 4.69) is 21.2 Å². The minimum atomic E-state index is -0.310. The fourth-order valence-electron chi connectivity index (χ4n) is 2.51. The van der Waals surface area contributed by atoms with Crippen LogP contribution in [0.2, 0.25) is 0 Å². The minimum Gasteiger partial charge on any atom is -0.397 e. The van der Waals surface area contributed by atoms with Crippen LogP contribution in [0, 0.1) is 5.82 Å². The summed E-state index contributed by atoms with van der Waals surface area (Å²) in [6.45, 7) is 0. The van der Waals surface area contributed by atoms with Crippen LogP contribution < -0.4 is 11.1 Å². The molecule has 1 aliphatic rings. The SMILES string of the molecule is Nc1cc(F)c(Br)cc1NC1CCCCCCC1. The average molecular weight is 315 g/mol. The summed E-state index contributed by atoms with van der Waals surface area (Å²) < 4.78 is 13.8. The highest BCUT2D eigenvalue weighted by Gasteiger charge is 2.13. The van der Waals surface area contributed by atoms with Gasteiger partial charge in [0.05, 0.1) is 15.8 Å². The van der Waals surface area contributed by atoms with Crippen molar-refractivity contribution in [2.45, 2.75) is 51.0 Å². The number of halogens is 2. The molecule has 0 atom stereocenters. The van der Waals surface area contributed by atoms with Gasteiger partial charge < -0.3 is 11.1 Å². The maximum atomic E-state index is 13.3. The van der Waals surface area contributed by atoms with Crippen molar-refractivity contribution in [1.82, 2.24) is 0 Å². The molecule has 0 bridgehead atoms. The Kier molecular flexibility index (Phi) is 4.87. The summed E-state index contributed by atoms with van der Waals surface area (Å²) in [4.78, 5) is 0. The molecule has 4 heteroatoms. The van der Waals surface area contributed by atoms with Crippen LogP contribution in [0.15, 0.2) is 16.6 Å². The third-order valence-corrected chi connectivity index (χ3v) is 4.16. The van der Waals surface area contributed by atoms with Crippen molar-refractivity contribution in [3.63, 3.8) is 0 Å². The van der Waals surface area contributed by atoms with Crippen LogP contribution >= 0.6 is 15.9 Å². The van der Waals surface area contributed by atoms with Crippen molar-refractivity contribution in [2.75, 3.05) is 11.1 Å². The Labute approximate surface area is 116 Å². The van der Waals surface area contributed by atoms with Gasteiger partial charge in [-0.15, -0.1) is 0 Å². The van der Waals surface area contributed by atoms with Gasteiger partial charge in [-0.2, -0.15) is 0 Å². The molecule has 1 saturated carbocycles. The minimum absolute atomic E-state index is 0.310. The van der Waals surface area contributed by atoms with E-state index < -0.39 is 0 Å². The Bertz CT molecular complexity index is 401. The number of rotatable bonds is 2. The maximum absolute atomic E-state index is 13.3. The van der Waals surface area contributed by atoms with E-state index in [4.69, 9.17) is 5.73 Å². The summed E-state index contributed by atoms with van der Waals surface area (Å²) in [7, 11) is 0. The largest absolute Gasteiger partial charge is 0.397 e. The summed E-state index contributed by atoms with van der Waals surface area (Å²) in [5, 5.41) is 3.46. The third kappa shape index (κ3) is 3.61. The number of nitrogens with two attached hydrogens (primary N) is 1. The van der Waals surface area contributed by atoms with Gasteiger partial charge >= 0.3 is 0 Å². The van der Waals surface area contributed by atoms with E-state index in [1.807, 2.05) is 0 Å². The lowest BCUT2D eigenvalue weighted by atomic mass is 9.96. The molecular formula is C14H20BrFN2. The number of benzene rings is 1. The van der Waals surface area contributed by atoms with E-state index in [-0.39, 0.29) is 5.82 Å². The molecule has 0 amide bonds.